The maximum atomic E-state index is 11.8. The smallest absolute Gasteiger partial charge is 0.293 e. The summed E-state index contributed by atoms with van der Waals surface area (Å²) in [5.41, 5.74) is 0.660. The van der Waals surface area contributed by atoms with Crippen molar-refractivity contribution < 1.29 is 13.3 Å². The zero-order valence-electron chi connectivity index (χ0n) is 13.0. The fraction of sp³-hybridized carbons (Fsp3) is 0.200. The molecule has 2 N–H and O–H groups in total. The van der Waals surface area contributed by atoms with Crippen molar-refractivity contribution in [2.45, 2.75) is 17.9 Å². The van der Waals surface area contributed by atoms with Crippen LogP contribution in [0.15, 0.2) is 47.4 Å². The number of nitrogens with one attached hydrogen (secondary N) is 2. The van der Waals surface area contributed by atoms with Crippen LogP contribution in [0.1, 0.15) is 18.5 Å². The van der Waals surface area contributed by atoms with Crippen molar-refractivity contribution in [1.82, 2.24) is 4.72 Å². The van der Waals surface area contributed by atoms with Gasteiger partial charge in [0.2, 0.25) is 10.0 Å². The van der Waals surface area contributed by atoms with Gasteiger partial charge in [-0.2, -0.15) is 0 Å². The Kier molecular flexibility index (Phi) is 5.43. The third kappa shape index (κ3) is 3.84. The summed E-state index contributed by atoms with van der Waals surface area (Å²) in [4.78, 5) is 10.5. The summed E-state index contributed by atoms with van der Waals surface area (Å²) in [6, 6.07) is 10.5. The number of nitro groups is 1. The number of nitro benzene ring substituents is 1. The second-order valence-electron chi connectivity index (χ2n) is 5.03. The Morgan fingerprint density at radius 1 is 1.21 bits per heavy atom. The van der Waals surface area contributed by atoms with Gasteiger partial charge in [0.1, 0.15) is 5.69 Å². The molecule has 0 bridgehead atoms. The molecular formula is C15H16ClN3O4S. The van der Waals surface area contributed by atoms with Crippen LogP contribution in [0.2, 0.25) is 5.02 Å². The Bertz CT molecular complexity index is 871. The molecule has 0 saturated carbocycles. The first-order chi connectivity index (χ1) is 11.3. The average molecular weight is 370 g/mol. The minimum atomic E-state index is -3.76. The lowest BCUT2D eigenvalue weighted by molar-refractivity contribution is -0.384. The minimum absolute atomic E-state index is 0.173. The van der Waals surface area contributed by atoms with Crippen LogP contribution in [0.3, 0.4) is 0 Å². The third-order valence-electron chi connectivity index (χ3n) is 3.49. The summed E-state index contributed by atoms with van der Waals surface area (Å²) in [5, 5.41) is 14.8. The molecule has 2 aromatic carbocycles. The van der Waals surface area contributed by atoms with E-state index in [1.807, 2.05) is 19.1 Å². The van der Waals surface area contributed by atoms with Crippen molar-refractivity contribution in [3.63, 3.8) is 0 Å². The number of anilines is 1. The quantitative estimate of drug-likeness (QED) is 0.600. The van der Waals surface area contributed by atoms with Gasteiger partial charge in [0.25, 0.3) is 5.69 Å². The van der Waals surface area contributed by atoms with Gasteiger partial charge in [-0.1, -0.05) is 29.8 Å². The lowest BCUT2D eigenvalue weighted by Gasteiger charge is -2.17. The molecule has 2 aromatic rings. The number of hydrogen-bond donors (Lipinski definition) is 2. The molecule has 24 heavy (non-hydrogen) atoms. The molecule has 0 radical (unpaired) electrons. The van der Waals surface area contributed by atoms with E-state index in [4.69, 9.17) is 11.6 Å². The van der Waals surface area contributed by atoms with E-state index in [9.17, 15) is 18.5 Å². The van der Waals surface area contributed by atoms with Gasteiger partial charge in [0.15, 0.2) is 0 Å². The first kappa shape index (κ1) is 18.2. The molecule has 0 saturated heterocycles. The van der Waals surface area contributed by atoms with Crippen LogP contribution in [-0.2, 0) is 10.0 Å². The molecule has 0 spiro atoms. The van der Waals surface area contributed by atoms with E-state index in [1.54, 1.807) is 12.1 Å². The molecule has 0 heterocycles. The van der Waals surface area contributed by atoms with Crippen molar-refractivity contribution in [3.8, 4) is 0 Å². The highest BCUT2D eigenvalue weighted by Crippen LogP contribution is 2.32. The van der Waals surface area contributed by atoms with Gasteiger partial charge in [0.05, 0.1) is 15.9 Å². The lowest BCUT2D eigenvalue weighted by atomic mass is 10.1. The normalized spacial score (nSPS) is 12.6. The van der Waals surface area contributed by atoms with E-state index in [0.717, 1.165) is 11.6 Å². The summed E-state index contributed by atoms with van der Waals surface area (Å²) in [5.74, 6) is 0. The molecule has 0 aromatic heterocycles. The van der Waals surface area contributed by atoms with Crippen molar-refractivity contribution in [3.05, 3.63) is 63.2 Å². The summed E-state index contributed by atoms with van der Waals surface area (Å²) in [6.45, 7) is 1.81. The summed E-state index contributed by atoms with van der Waals surface area (Å²) >= 11 is 6.13. The standard InChI is InChI=1S/C15H16ClN3O4S/c1-10(12-5-3-4-6-13(12)16)18-14-8-7-11(24(22,23)17-2)9-15(14)19(20)21/h3-10,17-18H,1-2H3/t10-/m0/s1. The van der Waals surface area contributed by atoms with Crippen molar-refractivity contribution in [2.24, 2.45) is 0 Å². The van der Waals surface area contributed by atoms with Crippen LogP contribution in [0.4, 0.5) is 11.4 Å². The van der Waals surface area contributed by atoms with Crippen LogP contribution >= 0.6 is 11.6 Å². The van der Waals surface area contributed by atoms with E-state index in [-0.39, 0.29) is 22.3 Å². The third-order valence-corrected chi connectivity index (χ3v) is 5.24. The van der Waals surface area contributed by atoms with Crippen LogP contribution in [0, 0.1) is 10.1 Å². The molecule has 0 aliphatic rings. The van der Waals surface area contributed by atoms with Crippen molar-refractivity contribution >= 4 is 33.0 Å². The van der Waals surface area contributed by atoms with Crippen molar-refractivity contribution in [2.75, 3.05) is 12.4 Å². The van der Waals surface area contributed by atoms with E-state index in [1.165, 1.54) is 19.2 Å². The number of nitrogens with zero attached hydrogens (tertiary/aromatic N) is 1. The van der Waals surface area contributed by atoms with Crippen LogP contribution in [0.5, 0.6) is 0 Å². The van der Waals surface area contributed by atoms with Gasteiger partial charge in [-0.25, -0.2) is 13.1 Å². The van der Waals surface area contributed by atoms with E-state index in [2.05, 4.69) is 10.0 Å². The molecule has 0 unspecified atom stereocenters. The Morgan fingerprint density at radius 2 is 1.88 bits per heavy atom. The Labute approximate surface area is 144 Å². The fourth-order valence-electron chi connectivity index (χ4n) is 2.21. The zero-order chi connectivity index (χ0) is 17.9. The molecule has 0 fully saturated rings. The highest BCUT2D eigenvalue weighted by Gasteiger charge is 2.22. The van der Waals surface area contributed by atoms with Gasteiger partial charge in [-0.15, -0.1) is 0 Å². The Hall–Kier alpha value is -2.16. The number of hydrogen-bond acceptors (Lipinski definition) is 5. The van der Waals surface area contributed by atoms with E-state index < -0.39 is 14.9 Å². The van der Waals surface area contributed by atoms with Crippen LogP contribution in [0.25, 0.3) is 0 Å². The predicted molar refractivity (Wildman–Crippen MR) is 92.8 cm³/mol. The van der Waals surface area contributed by atoms with Gasteiger partial charge in [-0.3, -0.25) is 10.1 Å². The summed E-state index contributed by atoms with van der Waals surface area (Å²) in [6.07, 6.45) is 0. The topological polar surface area (TPSA) is 101 Å². The molecule has 0 aliphatic heterocycles. The first-order valence-electron chi connectivity index (χ1n) is 6.99. The maximum Gasteiger partial charge on any atom is 0.293 e. The minimum Gasteiger partial charge on any atom is -0.373 e. The van der Waals surface area contributed by atoms with E-state index in [0.29, 0.717) is 5.02 Å². The molecule has 0 aliphatic carbocycles. The molecule has 2 rings (SSSR count). The van der Waals surface area contributed by atoms with Crippen molar-refractivity contribution in [1.29, 1.82) is 0 Å². The molecular weight excluding hydrogens is 354 g/mol. The summed E-state index contributed by atoms with van der Waals surface area (Å²) < 4.78 is 25.7. The number of halogens is 1. The first-order valence-corrected chi connectivity index (χ1v) is 8.85. The maximum absolute atomic E-state index is 11.8. The second kappa shape index (κ2) is 7.16. The lowest BCUT2D eigenvalue weighted by Crippen LogP contribution is -2.19. The largest absolute Gasteiger partial charge is 0.373 e. The molecule has 1 atom stereocenters. The summed E-state index contributed by atoms with van der Waals surface area (Å²) in [7, 11) is -2.52. The Balaban J connectivity index is 2.40. The highest BCUT2D eigenvalue weighted by atomic mass is 35.5. The zero-order valence-corrected chi connectivity index (χ0v) is 14.6. The Morgan fingerprint density at radius 3 is 2.46 bits per heavy atom. The fourth-order valence-corrected chi connectivity index (χ4v) is 3.26. The molecule has 9 heteroatoms. The molecule has 128 valence electrons. The average Bonchev–Trinajstić information content (AvgIpc) is 2.55. The highest BCUT2D eigenvalue weighted by molar-refractivity contribution is 7.89. The van der Waals surface area contributed by atoms with Crippen LogP contribution < -0.4 is 10.0 Å². The number of sulfonamides is 1. The SMILES string of the molecule is CNS(=O)(=O)c1ccc(N[C@@H](C)c2ccccc2Cl)c([N+](=O)[O-])c1. The van der Waals surface area contributed by atoms with Gasteiger partial charge in [-0.05, 0) is 37.7 Å². The van der Waals surface area contributed by atoms with Gasteiger partial charge >= 0.3 is 0 Å². The molecule has 0 amide bonds. The number of benzene rings is 2. The van der Waals surface area contributed by atoms with Gasteiger partial charge < -0.3 is 5.32 Å². The van der Waals surface area contributed by atoms with E-state index >= 15 is 0 Å². The monoisotopic (exact) mass is 369 g/mol. The predicted octanol–water partition coefficient (Wildman–Crippen LogP) is 3.33. The van der Waals surface area contributed by atoms with Gasteiger partial charge in [0, 0.05) is 11.1 Å². The van der Waals surface area contributed by atoms with Crippen LogP contribution in [-0.4, -0.2) is 20.4 Å². The second-order valence-corrected chi connectivity index (χ2v) is 7.32. The number of rotatable bonds is 6. The molecule has 7 nitrogen and oxygen atoms in total.